The van der Waals surface area contributed by atoms with E-state index in [1.165, 1.54) is 24.8 Å². The van der Waals surface area contributed by atoms with Crippen LogP contribution in [0.2, 0.25) is 0 Å². The van der Waals surface area contributed by atoms with Crippen LogP contribution in [0, 0.1) is 6.92 Å². The van der Waals surface area contributed by atoms with Crippen molar-refractivity contribution in [3.05, 3.63) is 22.3 Å². The van der Waals surface area contributed by atoms with Gasteiger partial charge in [0.25, 0.3) is 0 Å². The van der Waals surface area contributed by atoms with E-state index in [0.29, 0.717) is 6.04 Å². The Morgan fingerprint density at radius 3 is 2.80 bits per heavy atom. The van der Waals surface area contributed by atoms with E-state index in [0.717, 1.165) is 23.4 Å². The summed E-state index contributed by atoms with van der Waals surface area (Å²) in [4.78, 5) is 7.11. The summed E-state index contributed by atoms with van der Waals surface area (Å²) in [6.45, 7) is 10.9. The molecule has 1 fully saturated rings. The lowest BCUT2D eigenvalue weighted by Crippen LogP contribution is -2.50. The zero-order valence-electron chi connectivity index (χ0n) is 13.0. The normalized spacial score (nSPS) is 20.2. The first kappa shape index (κ1) is 15.8. The second-order valence-electron chi connectivity index (χ2n) is 6.79. The molecular formula is C16H26BrN3. The van der Waals surface area contributed by atoms with Crippen molar-refractivity contribution in [3.8, 4) is 0 Å². The Labute approximate surface area is 131 Å². The molecule has 2 rings (SSSR count). The minimum atomic E-state index is 0.168. The number of aryl methyl sites for hydroxylation is 1. The van der Waals surface area contributed by atoms with Gasteiger partial charge in [-0.3, -0.25) is 0 Å². The van der Waals surface area contributed by atoms with E-state index in [4.69, 9.17) is 0 Å². The molecule has 1 N–H and O–H groups in total. The van der Waals surface area contributed by atoms with Crippen LogP contribution < -0.4 is 10.2 Å². The van der Waals surface area contributed by atoms with Crippen molar-refractivity contribution in [2.45, 2.75) is 58.5 Å². The first-order chi connectivity index (χ1) is 9.37. The van der Waals surface area contributed by atoms with E-state index < -0.39 is 0 Å². The highest BCUT2D eigenvalue weighted by molar-refractivity contribution is 9.10. The second-order valence-corrected chi connectivity index (χ2v) is 7.65. The summed E-state index contributed by atoms with van der Waals surface area (Å²) >= 11 is 3.68. The molecule has 1 atom stereocenters. The van der Waals surface area contributed by atoms with Crippen molar-refractivity contribution in [1.29, 1.82) is 0 Å². The number of hydrogen-bond donors (Lipinski definition) is 1. The smallest absolute Gasteiger partial charge is 0.143 e. The summed E-state index contributed by atoms with van der Waals surface area (Å²) in [6, 6.07) is 2.69. The first-order valence-electron chi connectivity index (χ1n) is 7.50. The van der Waals surface area contributed by atoms with Crippen molar-refractivity contribution in [2.24, 2.45) is 0 Å². The second kappa shape index (κ2) is 6.44. The fraction of sp³-hybridized carbons (Fsp3) is 0.688. The Kier molecular flexibility index (Phi) is 5.08. The van der Waals surface area contributed by atoms with Gasteiger partial charge in [0.05, 0.1) is 4.47 Å². The number of hydrogen-bond acceptors (Lipinski definition) is 3. The minimum Gasteiger partial charge on any atom is -0.351 e. The summed E-state index contributed by atoms with van der Waals surface area (Å²) in [5, 5.41) is 3.64. The van der Waals surface area contributed by atoms with Crippen molar-refractivity contribution in [3.63, 3.8) is 0 Å². The number of rotatable bonds is 3. The van der Waals surface area contributed by atoms with Crippen molar-refractivity contribution in [1.82, 2.24) is 10.3 Å². The molecule has 2 heterocycles. The fourth-order valence-corrected chi connectivity index (χ4v) is 3.34. The van der Waals surface area contributed by atoms with Gasteiger partial charge in [-0.25, -0.2) is 4.98 Å². The fourth-order valence-electron chi connectivity index (χ4n) is 2.65. The van der Waals surface area contributed by atoms with Gasteiger partial charge in [0, 0.05) is 30.9 Å². The van der Waals surface area contributed by atoms with Gasteiger partial charge in [-0.1, -0.05) is 0 Å². The number of pyridine rings is 1. The van der Waals surface area contributed by atoms with Crippen molar-refractivity contribution in [2.75, 3.05) is 18.0 Å². The van der Waals surface area contributed by atoms with E-state index in [1.54, 1.807) is 0 Å². The zero-order valence-corrected chi connectivity index (χ0v) is 14.6. The minimum absolute atomic E-state index is 0.168. The SMILES string of the molecule is Cc1cnc(N2CCCCC2CNC(C)(C)C)c(Br)c1. The number of piperidine rings is 1. The van der Waals surface area contributed by atoms with Crippen LogP contribution in [-0.2, 0) is 0 Å². The Bertz CT molecular complexity index is 454. The number of aromatic nitrogens is 1. The first-order valence-corrected chi connectivity index (χ1v) is 8.30. The van der Waals surface area contributed by atoms with E-state index in [-0.39, 0.29) is 5.54 Å². The quantitative estimate of drug-likeness (QED) is 0.905. The van der Waals surface area contributed by atoms with Gasteiger partial charge in [-0.15, -0.1) is 0 Å². The summed E-state index contributed by atoms with van der Waals surface area (Å²) in [7, 11) is 0. The Morgan fingerprint density at radius 2 is 2.15 bits per heavy atom. The van der Waals surface area contributed by atoms with E-state index in [1.807, 2.05) is 6.20 Å². The lowest BCUT2D eigenvalue weighted by atomic mass is 10.0. The monoisotopic (exact) mass is 339 g/mol. The van der Waals surface area contributed by atoms with Crippen LogP contribution in [0.1, 0.15) is 45.6 Å². The summed E-state index contributed by atoms with van der Waals surface area (Å²) < 4.78 is 1.11. The Hall–Kier alpha value is -0.610. The molecule has 0 bridgehead atoms. The third kappa shape index (κ3) is 4.19. The molecule has 20 heavy (non-hydrogen) atoms. The van der Waals surface area contributed by atoms with Crippen LogP contribution in [0.4, 0.5) is 5.82 Å². The van der Waals surface area contributed by atoms with Crippen LogP contribution >= 0.6 is 15.9 Å². The summed E-state index contributed by atoms with van der Waals surface area (Å²) in [5.41, 5.74) is 1.36. The third-order valence-corrected chi connectivity index (χ3v) is 4.31. The molecule has 0 amide bonds. The maximum absolute atomic E-state index is 4.65. The van der Waals surface area contributed by atoms with Crippen molar-refractivity contribution >= 4 is 21.7 Å². The maximum Gasteiger partial charge on any atom is 0.143 e. The Morgan fingerprint density at radius 1 is 1.40 bits per heavy atom. The highest BCUT2D eigenvalue weighted by Crippen LogP contribution is 2.30. The van der Waals surface area contributed by atoms with Crippen molar-refractivity contribution < 1.29 is 0 Å². The van der Waals surface area contributed by atoms with Crippen LogP contribution in [-0.4, -0.2) is 29.7 Å². The lowest BCUT2D eigenvalue weighted by Gasteiger charge is -2.38. The molecule has 1 unspecified atom stereocenters. The average molecular weight is 340 g/mol. The molecule has 1 aromatic heterocycles. The number of halogens is 1. The van der Waals surface area contributed by atoms with Crippen LogP contribution in [0.25, 0.3) is 0 Å². The standard InChI is InChI=1S/C16H26BrN3/c1-12-9-14(17)15(18-10-12)20-8-6-5-7-13(20)11-19-16(2,3)4/h9-10,13,19H,5-8,11H2,1-4H3. The van der Waals surface area contributed by atoms with E-state index >= 15 is 0 Å². The molecule has 1 saturated heterocycles. The predicted octanol–water partition coefficient (Wildman–Crippen LogP) is 3.90. The number of nitrogens with one attached hydrogen (secondary N) is 1. The highest BCUT2D eigenvalue weighted by atomic mass is 79.9. The number of nitrogens with zero attached hydrogens (tertiary/aromatic N) is 2. The molecule has 3 nitrogen and oxygen atoms in total. The molecular weight excluding hydrogens is 314 g/mol. The van der Waals surface area contributed by atoms with Gasteiger partial charge in [0.1, 0.15) is 5.82 Å². The van der Waals surface area contributed by atoms with Crippen LogP contribution in [0.15, 0.2) is 16.7 Å². The molecule has 4 heteroatoms. The molecule has 0 aromatic carbocycles. The van der Waals surface area contributed by atoms with E-state index in [2.05, 4.69) is 64.9 Å². The van der Waals surface area contributed by atoms with E-state index in [9.17, 15) is 0 Å². The predicted molar refractivity (Wildman–Crippen MR) is 89.4 cm³/mol. The Balaban J connectivity index is 2.14. The average Bonchev–Trinajstić information content (AvgIpc) is 2.36. The third-order valence-electron chi connectivity index (χ3n) is 3.73. The summed E-state index contributed by atoms with van der Waals surface area (Å²) in [5.74, 6) is 1.09. The molecule has 1 aliphatic heterocycles. The van der Waals surface area contributed by atoms with Crippen LogP contribution in [0.5, 0.6) is 0 Å². The topological polar surface area (TPSA) is 28.2 Å². The maximum atomic E-state index is 4.65. The van der Waals surface area contributed by atoms with Gasteiger partial charge in [0.15, 0.2) is 0 Å². The molecule has 0 spiro atoms. The molecule has 0 aliphatic carbocycles. The lowest BCUT2D eigenvalue weighted by molar-refractivity contribution is 0.365. The molecule has 1 aliphatic rings. The largest absolute Gasteiger partial charge is 0.351 e. The number of anilines is 1. The van der Waals surface area contributed by atoms with Gasteiger partial charge in [-0.05, 0) is 74.5 Å². The van der Waals surface area contributed by atoms with Crippen LogP contribution in [0.3, 0.4) is 0 Å². The highest BCUT2D eigenvalue weighted by Gasteiger charge is 2.26. The molecule has 112 valence electrons. The summed E-state index contributed by atoms with van der Waals surface area (Å²) in [6.07, 6.45) is 5.78. The molecule has 0 radical (unpaired) electrons. The molecule has 0 saturated carbocycles. The van der Waals surface area contributed by atoms with Gasteiger partial charge >= 0.3 is 0 Å². The van der Waals surface area contributed by atoms with Gasteiger partial charge in [0.2, 0.25) is 0 Å². The molecule has 1 aromatic rings. The van der Waals surface area contributed by atoms with Gasteiger partial charge < -0.3 is 10.2 Å². The zero-order chi connectivity index (χ0) is 14.8. The van der Waals surface area contributed by atoms with Gasteiger partial charge in [-0.2, -0.15) is 0 Å².